The molecule has 1 aliphatic carbocycles. The average Bonchev–Trinajstić information content (AvgIpc) is 3.41. The number of benzene rings is 3. The largest absolute Gasteiger partial charge is 0.465 e. The maximum Gasteiger partial charge on any atom is 0.341 e. The summed E-state index contributed by atoms with van der Waals surface area (Å²) in [6, 6.07) is 23.4. The van der Waals surface area contributed by atoms with Crippen LogP contribution in [0, 0.1) is 12.8 Å². The van der Waals surface area contributed by atoms with Gasteiger partial charge in [-0.1, -0.05) is 55.5 Å². The highest BCUT2D eigenvalue weighted by molar-refractivity contribution is 8.00. The standard InChI is InChI=1S/C36H35N3O5S2/c1-22-16-17-28-30(18-22)46-35(32(28)36(43)44-3)39-31(40)21-45-27-15-9-14-26(20-27)37-34(42)29(19-25-13-8-7-10-23(25)2)38-33(41)24-11-5-4-6-12-24/h4-15,19-20,22H,16-18,21H2,1-3H3,(H,37,42)(H,38,41)(H,39,40)/b29-19-. The van der Waals surface area contributed by atoms with Crippen molar-refractivity contribution in [2.24, 2.45) is 5.92 Å². The van der Waals surface area contributed by atoms with Crippen LogP contribution in [0.3, 0.4) is 0 Å². The Morgan fingerprint density at radius 3 is 2.50 bits per heavy atom. The molecule has 0 saturated heterocycles. The second-order valence-electron chi connectivity index (χ2n) is 11.1. The Hall–Kier alpha value is -4.67. The summed E-state index contributed by atoms with van der Waals surface area (Å²) in [7, 11) is 1.35. The van der Waals surface area contributed by atoms with Gasteiger partial charge in [-0.25, -0.2) is 4.79 Å². The molecule has 10 heteroatoms. The fourth-order valence-corrected chi connectivity index (χ4v) is 7.35. The summed E-state index contributed by atoms with van der Waals surface area (Å²) < 4.78 is 5.03. The van der Waals surface area contributed by atoms with Gasteiger partial charge in [0.1, 0.15) is 10.7 Å². The number of ether oxygens (including phenoxy) is 1. The SMILES string of the molecule is COC(=O)c1c(NC(=O)CSc2cccc(NC(=O)/C(=C/c3ccccc3C)NC(=O)c3ccccc3)c2)sc2c1CCC(C)C2. The van der Waals surface area contributed by atoms with E-state index in [2.05, 4.69) is 22.9 Å². The predicted molar refractivity (Wildman–Crippen MR) is 184 cm³/mol. The van der Waals surface area contributed by atoms with Crippen LogP contribution < -0.4 is 16.0 Å². The molecule has 0 radical (unpaired) electrons. The lowest BCUT2D eigenvalue weighted by molar-refractivity contribution is -0.114. The minimum absolute atomic E-state index is 0.0926. The van der Waals surface area contributed by atoms with Gasteiger partial charge in [-0.15, -0.1) is 23.1 Å². The van der Waals surface area contributed by atoms with Gasteiger partial charge in [0, 0.05) is 21.0 Å². The van der Waals surface area contributed by atoms with Gasteiger partial charge < -0.3 is 20.7 Å². The van der Waals surface area contributed by atoms with E-state index in [1.165, 1.54) is 30.2 Å². The van der Waals surface area contributed by atoms with Crippen molar-refractivity contribution in [2.45, 2.75) is 38.0 Å². The molecular weight excluding hydrogens is 619 g/mol. The normalized spacial score (nSPS) is 14.2. The van der Waals surface area contributed by atoms with Crippen molar-refractivity contribution in [3.05, 3.63) is 117 Å². The van der Waals surface area contributed by atoms with E-state index in [9.17, 15) is 19.2 Å². The molecule has 0 saturated carbocycles. The Morgan fingerprint density at radius 2 is 1.74 bits per heavy atom. The number of methoxy groups -OCH3 is 1. The first-order valence-electron chi connectivity index (χ1n) is 14.9. The summed E-state index contributed by atoms with van der Waals surface area (Å²) in [6.07, 6.45) is 4.32. The van der Waals surface area contributed by atoms with Gasteiger partial charge in [-0.3, -0.25) is 14.4 Å². The van der Waals surface area contributed by atoms with Gasteiger partial charge in [-0.2, -0.15) is 0 Å². The lowest BCUT2D eigenvalue weighted by atomic mass is 9.88. The summed E-state index contributed by atoms with van der Waals surface area (Å²) in [6.45, 7) is 4.12. The molecule has 0 bridgehead atoms. The molecule has 1 heterocycles. The average molecular weight is 654 g/mol. The number of thioether (sulfide) groups is 1. The molecule has 0 spiro atoms. The number of esters is 1. The highest BCUT2D eigenvalue weighted by Crippen LogP contribution is 2.40. The zero-order valence-corrected chi connectivity index (χ0v) is 27.5. The Kier molecular flexibility index (Phi) is 10.7. The van der Waals surface area contributed by atoms with Crippen LogP contribution in [0.25, 0.3) is 6.08 Å². The van der Waals surface area contributed by atoms with Crippen LogP contribution >= 0.6 is 23.1 Å². The Bertz CT molecular complexity index is 1800. The Labute approximate surface area is 276 Å². The highest BCUT2D eigenvalue weighted by atomic mass is 32.2. The summed E-state index contributed by atoms with van der Waals surface area (Å²) in [4.78, 5) is 54.0. The smallest absolute Gasteiger partial charge is 0.341 e. The van der Waals surface area contributed by atoms with Gasteiger partial charge in [0.2, 0.25) is 5.91 Å². The van der Waals surface area contributed by atoms with Crippen LogP contribution in [0.1, 0.15) is 55.6 Å². The van der Waals surface area contributed by atoms with E-state index in [0.29, 0.717) is 27.7 Å². The molecular formula is C36H35N3O5S2. The topological polar surface area (TPSA) is 114 Å². The number of hydrogen-bond acceptors (Lipinski definition) is 7. The van der Waals surface area contributed by atoms with Gasteiger partial charge in [0.05, 0.1) is 18.4 Å². The number of amides is 3. The number of thiophene rings is 1. The summed E-state index contributed by atoms with van der Waals surface area (Å²) >= 11 is 2.76. The van der Waals surface area contributed by atoms with Gasteiger partial charge in [0.15, 0.2) is 0 Å². The van der Waals surface area contributed by atoms with Crippen molar-refractivity contribution in [1.82, 2.24) is 5.32 Å². The molecule has 0 fully saturated rings. The molecule has 46 heavy (non-hydrogen) atoms. The zero-order chi connectivity index (χ0) is 32.6. The summed E-state index contributed by atoms with van der Waals surface area (Å²) in [5, 5.41) is 9.10. The monoisotopic (exact) mass is 653 g/mol. The molecule has 236 valence electrons. The second kappa shape index (κ2) is 15.1. The number of rotatable bonds is 10. The van der Waals surface area contributed by atoms with Crippen LogP contribution in [0.15, 0.2) is 89.5 Å². The van der Waals surface area contributed by atoms with Crippen molar-refractivity contribution in [3.63, 3.8) is 0 Å². The van der Waals surface area contributed by atoms with Crippen LogP contribution in [-0.2, 0) is 27.2 Å². The van der Waals surface area contributed by atoms with Crippen LogP contribution in [-0.4, -0.2) is 36.6 Å². The number of anilines is 2. The summed E-state index contributed by atoms with van der Waals surface area (Å²) in [5.74, 6) is -0.945. The van der Waals surface area contributed by atoms with Crippen molar-refractivity contribution in [1.29, 1.82) is 0 Å². The first-order valence-corrected chi connectivity index (χ1v) is 16.7. The lowest BCUT2D eigenvalue weighted by Crippen LogP contribution is -2.30. The third-order valence-corrected chi connectivity index (χ3v) is 9.80. The number of carbonyl (C=O) groups is 4. The van der Waals surface area contributed by atoms with Crippen molar-refractivity contribution in [3.8, 4) is 0 Å². The van der Waals surface area contributed by atoms with Crippen molar-refractivity contribution < 1.29 is 23.9 Å². The van der Waals surface area contributed by atoms with Crippen LogP contribution in [0.5, 0.6) is 0 Å². The minimum Gasteiger partial charge on any atom is -0.465 e. The third-order valence-electron chi connectivity index (χ3n) is 7.63. The molecule has 3 aromatic carbocycles. The fourth-order valence-electron chi connectivity index (χ4n) is 5.18. The van der Waals surface area contributed by atoms with E-state index in [0.717, 1.165) is 45.7 Å². The first kappa shape index (κ1) is 32.7. The molecule has 1 unspecified atom stereocenters. The molecule has 1 aromatic heterocycles. The molecule has 5 rings (SSSR count). The third kappa shape index (κ3) is 8.13. The van der Waals surface area contributed by atoms with E-state index in [1.807, 2.05) is 43.3 Å². The molecule has 3 amide bonds. The molecule has 1 aliphatic rings. The van der Waals surface area contributed by atoms with Crippen LogP contribution in [0.2, 0.25) is 0 Å². The molecule has 8 nitrogen and oxygen atoms in total. The van der Waals surface area contributed by atoms with Crippen molar-refractivity contribution in [2.75, 3.05) is 23.5 Å². The number of aryl methyl sites for hydroxylation is 1. The Balaban J connectivity index is 1.27. The van der Waals surface area contributed by atoms with Gasteiger partial charge in [-0.05, 0) is 85.2 Å². The first-order chi connectivity index (χ1) is 22.2. The van der Waals surface area contributed by atoms with E-state index in [4.69, 9.17) is 4.74 Å². The molecule has 4 aromatic rings. The van der Waals surface area contributed by atoms with E-state index in [1.54, 1.807) is 48.5 Å². The Morgan fingerprint density at radius 1 is 0.978 bits per heavy atom. The maximum absolute atomic E-state index is 13.5. The zero-order valence-electron chi connectivity index (χ0n) is 25.8. The van der Waals surface area contributed by atoms with Crippen LogP contribution in [0.4, 0.5) is 10.7 Å². The van der Waals surface area contributed by atoms with E-state index in [-0.39, 0.29) is 17.4 Å². The molecule has 3 N–H and O–H groups in total. The van der Waals surface area contributed by atoms with E-state index >= 15 is 0 Å². The van der Waals surface area contributed by atoms with E-state index < -0.39 is 17.8 Å². The predicted octanol–water partition coefficient (Wildman–Crippen LogP) is 7.11. The molecule has 1 atom stereocenters. The number of fused-ring (bicyclic) bond motifs is 1. The van der Waals surface area contributed by atoms with Crippen molar-refractivity contribution >= 4 is 63.6 Å². The summed E-state index contributed by atoms with van der Waals surface area (Å²) in [5.41, 5.74) is 4.23. The maximum atomic E-state index is 13.5. The van der Waals surface area contributed by atoms with Gasteiger partial charge >= 0.3 is 5.97 Å². The number of nitrogens with one attached hydrogen (secondary N) is 3. The minimum atomic E-state index is -0.487. The fraction of sp³-hybridized carbons (Fsp3) is 0.222. The quantitative estimate of drug-likeness (QED) is 0.0956. The highest BCUT2D eigenvalue weighted by Gasteiger charge is 2.29. The van der Waals surface area contributed by atoms with Gasteiger partial charge in [0.25, 0.3) is 11.8 Å². The number of carbonyl (C=O) groups excluding carboxylic acids is 4. The second-order valence-corrected chi connectivity index (χ2v) is 13.3. The lowest BCUT2D eigenvalue weighted by Gasteiger charge is -2.18. The molecule has 0 aliphatic heterocycles. The number of hydrogen-bond donors (Lipinski definition) is 3.